The molecule has 0 saturated carbocycles. The van der Waals surface area contributed by atoms with Gasteiger partial charge < -0.3 is 14.8 Å². The summed E-state index contributed by atoms with van der Waals surface area (Å²) in [6.45, 7) is 7.80. The van der Waals surface area contributed by atoms with Gasteiger partial charge in [-0.25, -0.2) is 5.01 Å². The molecule has 2 aliphatic rings. The van der Waals surface area contributed by atoms with E-state index in [0.717, 1.165) is 49.0 Å². The van der Waals surface area contributed by atoms with Crippen LogP contribution < -0.4 is 5.32 Å². The van der Waals surface area contributed by atoms with E-state index in [-0.39, 0.29) is 30.3 Å². The Morgan fingerprint density at radius 3 is 2.53 bits per heavy atom. The number of hydrazone groups is 1. The zero-order valence-corrected chi connectivity index (χ0v) is 19.1. The summed E-state index contributed by atoms with van der Waals surface area (Å²) in [5.41, 5.74) is 1.99. The number of hydrogen-bond donors (Lipinski definition) is 1. The average molecular weight is 438 g/mol. The number of benzene rings is 1. The highest BCUT2D eigenvalue weighted by atomic mass is 16.2. The van der Waals surface area contributed by atoms with Crippen LogP contribution in [0, 0.1) is 5.41 Å². The fraction of sp³-hybridized carbons (Fsp3) is 0.500. The standard InChI is InChI=1S/C24H31N5O3/c1-24(2,3)20-15-28-18-10-6-5-9-17(18)13-19(28)23(32)29(26-20)16-21(30)25-14-22(31)27-11-7-4-8-12-27/h5-6,9-10,13H,4,7-8,11-12,14-16H2,1-3H3,(H,25,30). The summed E-state index contributed by atoms with van der Waals surface area (Å²) < 4.78 is 1.97. The third-order valence-electron chi connectivity index (χ3n) is 6.12. The Bertz CT molecular complexity index is 1070. The minimum atomic E-state index is -0.398. The molecule has 8 nitrogen and oxygen atoms in total. The second-order valence-corrected chi connectivity index (χ2v) is 9.55. The van der Waals surface area contributed by atoms with E-state index >= 15 is 0 Å². The van der Waals surface area contributed by atoms with Crippen molar-refractivity contribution in [2.75, 3.05) is 26.2 Å². The highest BCUT2D eigenvalue weighted by molar-refractivity contribution is 6.04. The number of nitrogens with zero attached hydrogens (tertiary/aromatic N) is 4. The molecule has 3 amide bonds. The van der Waals surface area contributed by atoms with Gasteiger partial charge in [0, 0.05) is 29.4 Å². The number of carbonyl (C=O) groups excluding carboxylic acids is 3. The third-order valence-corrected chi connectivity index (χ3v) is 6.12. The molecule has 1 saturated heterocycles. The van der Waals surface area contributed by atoms with Gasteiger partial charge in [0.15, 0.2) is 0 Å². The molecule has 0 aliphatic carbocycles. The molecule has 0 radical (unpaired) electrons. The van der Waals surface area contributed by atoms with E-state index in [1.54, 1.807) is 4.90 Å². The van der Waals surface area contributed by atoms with Gasteiger partial charge in [-0.1, -0.05) is 39.0 Å². The van der Waals surface area contributed by atoms with Crippen LogP contribution in [0.1, 0.15) is 50.5 Å². The minimum Gasteiger partial charge on any atom is -0.345 e. The summed E-state index contributed by atoms with van der Waals surface area (Å²) in [5.74, 6) is -0.803. The van der Waals surface area contributed by atoms with Crippen LogP contribution in [0.3, 0.4) is 0 Å². The second-order valence-electron chi connectivity index (χ2n) is 9.55. The number of likely N-dealkylation sites (tertiary alicyclic amines) is 1. The molecule has 3 heterocycles. The Labute approximate surface area is 188 Å². The quantitative estimate of drug-likeness (QED) is 0.798. The molecule has 0 unspecified atom stereocenters. The molecule has 1 aromatic carbocycles. The first-order chi connectivity index (χ1) is 15.2. The number of hydrogen-bond acceptors (Lipinski definition) is 4. The van der Waals surface area contributed by atoms with Crippen molar-refractivity contribution in [3.8, 4) is 0 Å². The van der Waals surface area contributed by atoms with Crippen LogP contribution >= 0.6 is 0 Å². The molecule has 170 valence electrons. The molecule has 0 spiro atoms. The molecular formula is C24H31N5O3. The lowest BCUT2D eigenvalue weighted by atomic mass is 9.90. The van der Waals surface area contributed by atoms with Gasteiger partial charge in [0.2, 0.25) is 11.8 Å². The molecule has 0 bridgehead atoms. The fourth-order valence-electron chi connectivity index (χ4n) is 4.18. The Morgan fingerprint density at radius 1 is 1.09 bits per heavy atom. The Balaban J connectivity index is 1.53. The van der Waals surface area contributed by atoms with Crippen LogP contribution in [0.2, 0.25) is 0 Å². The van der Waals surface area contributed by atoms with Crippen molar-refractivity contribution in [3.05, 3.63) is 36.0 Å². The predicted molar refractivity (Wildman–Crippen MR) is 123 cm³/mol. The summed E-state index contributed by atoms with van der Waals surface area (Å²) in [7, 11) is 0. The van der Waals surface area contributed by atoms with Crippen LogP contribution in [0.15, 0.2) is 35.4 Å². The molecule has 2 aliphatic heterocycles. The number of piperidine rings is 1. The van der Waals surface area contributed by atoms with Crippen molar-refractivity contribution in [1.29, 1.82) is 0 Å². The molecule has 1 aromatic heterocycles. The van der Waals surface area contributed by atoms with Crippen molar-refractivity contribution in [2.24, 2.45) is 10.5 Å². The van der Waals surface area contributed by atoms with Gasteiger partial charge in [-0.3, -0.25) is 14.4 Å². The van der Waals surface area contributed by atoms with Gasteiger partial charge >= 0.3 is 0 Å². The lowest BCUT2D eigenvalue weighted by Crippen LogP contribution is -2.45. The summed E-state index contributed by atoms with van der Waals surface area (Å²) in [4.78, 5) is 40.1. The van der Waals surface area contributed by atoms with E-state index in [1.165, 1.54) is 5.01 Å². The molecule has 8 heteroatoms. The van der Waals surface area contributed by atoms with Crippen molar-refractivity contribution >= 4 is 34.3 Å². The zero-order chi connectivity index (χ0) is 22.9. The monoisotopic (exact) mass is 437 g/mol. The number of amides is 3. The lowest BCUT2D eigenvalue weighted by Gasteiger charge is -2.27. The molecule has 2 aromatic rings. The Morgan fingerprint density at radius 2 is 1.81 bits per heavy atom. The molecule has 0 atom stereocenters. The van der Waals surface area contributed by atoms with E-state index in [4.69, 9.17) is 0 Å². The number of rotatable bonds is 4. The van der Waals surface area contributed by atoms with Gasteiger partial charge in [0.05, 0.1) is 18.8 Å². The third kappa shape index (κ3) is 4.54. The lowest BCUT2D eigenvalue weighted by molar-refractivity contribution is -0.133. The highest BCUT2D eigenvalue weighted by Crippen LogP contribution is 2.27. The molecule has 4 rings (SSSR count). The largest absolute Gasteiger partial charge is 0.345 e. The van der Waals surface area contributed by atoms with Gasteiger partial charge in [-0.2, -0.15) is 5.10 Å². The maximum Gasteiger partial charge on any atom is 0.291 e. The predicted octanol–water partition coefficient (Wildman–Crippen LogP) is 2.63. The first kappa shape index (κ1) is 22.0. The van der Waals surface area contributed by atoms with E-state index in [1.807, 2.05) is 55.7 Å². The van der Waals surface area contributed by atoms with Crippen LogP contribution in [-0.4, -0.2) is 64.1 Å². The molecule has 1 N–H and O–H groups in total. The summed E-state index contributed by atoms with van der Waals surface area (Å²) in [6.07, 6.45) is 3.14. The molecule has 32 heavy (non-hydrogen) atoms. The minimum absolute atomic E-state index is 0.0586. The van der Waals surface area contributed by atoms with Crippen LogP contribution in [0.5, 0.6) is 0 Å². The number of aromatic nitrogens is 1. The Kier molecular flexibility index (Phi) is 6.04. The van der Waals surface area contributed by atoms with Crippen LogP contribution in [-0.2, 0) is 16.1 Å². The first-order valence-corrected chi connectivity index (χ1v) is 11.3. The Hall–Kier alpha value is -3.16. The molecule has 1 fully saturated rings. The first-order valence-electron chi connectivity index (χ1n) is 11.3. The average Bonchev–Trinajstić information content (AvgIpc) is 3.07. The normalized spacial score (nSPS) is 17.1. The SMILES string of the molecule is CC(C)(C)C1=NN(CC(=O)NCC(=O)N2CCCCC2)C(=O)c2cc3ccccc3n2C1. The number of nitrogens with one attached hydrogen (secondary N) is 1. The van der Waals surface area contributed by atoms with Crippen molar-refractivity contribution in [3.63, 3.8) is 0 Å². The van der Waals surface area contributed by atoms with Gasteiger partial charge in [-0.05, 0) is 31.4 Å². The maximum absolute atomic E-state index is 13.3. The van der Waals surface area contributed by atoms with Crippen LogP contribution in [0.4, 0.5) is 0 Å². The van der Waals surface area contributed by atoms with Crippen molar-refractivity contribution in [1.82, 2.24) is 19.8 Å². The van der Waals surface area contributed by atoms with Gasteiger partial charge in [0.25, 0.3) is 5.91 Å². The van der Waals surface area contributed by atoms with E-state index in [0.29, 0.717) is 12.2 Å². The second kappa shape index (κ2) is 8.76. The summed E-state index contributed by atoms with van der Waals surface area (Å²) in [5, 5.41) is 9.48. The van der Waals surface area contributed by atoms with E-state index < -0.39 is 5.91 Å². The zero-order valence-electron chi connectivity index (χ0n) is 19.1. The number of carbonyl (C=O) groups is 3. The molecular weight excluding hydrogens is 406 g/mol. The van der Waals surface area contributed by atoms with Crippen molar-refractivity contribution < 1.29 is 14.4 Å². The summed E-state index contributed by atoms with van der Waals surface area (Å²) in [6, 6.07) is 9.70. The van der Waals surface area contributed by atoms with Gasteiger partial charge in [0.1, 0.15) is 12.2 Å². The summed E-state index contributed by atoms with van der Waals surface area (Å²) >= 11 is 0. The van der Waals surface area contributed by atoms with Gasteiger partial charge in [-0.15, -0.1) is 0 Å². The fourth-order valence-corrected chi connectivity index (χ4v) is 4.18. The van der Waals surface area contributed by atoms with E-state index in [9.17, 15) is 14.4 Å². The maximum atomic E-state index is 13.3. The highest BCUT2D eigenvalue weighted by Gasteiger charge is 2.31. The number of para-hydroxylation sites is 1. The number of fused-ring (bicyclic) bond motifs is 3. The van der Waals surface area contributed by atoms with Crippen LogP contribution in [0.25, 0.3) is 10.9 Å². The van der Waals surface area contributed by atoms with E-state index in [2.05, 4.69) is 10.4 Å². The van der Waals surface area contributed by atoms with Crippen molar-refractivity contribution in [2.45, 2.75) is 46.6 Å². The smallest absolute Gasteiger partial charge is 0.291 e. The topological polar surface area (TPSA) is 87.0 Å².